The highest BCUT2D eigenvalue weighted by Gasteiger charge is 2.04. The van der Waals surface area contributed by atoms with E-state index in [1.807, 2.05) is 24.3 Å². The number of carbonyl (C=O) groups excluding carboxylic acids is 1. The maximum Gasteiger partial charge on any atom is 0.338 e. The van der Waals surface area contributed by atoms with Crippen molar-refractivity contribution in [3.05, 3.63) is 60.7 Å². The second-order valence-corrected chi connectivity index (χ2v) is 5.91. The number of ether oxygens (including phenoxy) is 2. The average molecular weight is 352 g/mol. The van der Waals surface area contributed by atoms with Gasteiger partial charge in [0.05, 0.1) is 18.0 Å². The first-order valence-corrected chi connectivity index (χ1v) is 8.71. The van der Waals surface area contributed by atoms with E-state index in [2.05, 4.69) is 23.7 Å². The summed E-state index contributed by atoms with van der Waals surface area (Å²) >= 11 is 0. The van der Waals surface area contributed by atoms with E-state index < -0.39 is 5.97 Å². The third-order valence-electron chi connectivity index (χ3n) is 3.53. The Bertz CT molecular complexity index is 750. The van der Waals surface area contributed by atoms with E-state index in [0.717, 1.165) is 24.5 Å². The van der Waals surface area contributed by atoms with Gasteiger partial charge in [-0.15, -0.1) is 0 Å². The highest BCUT2D eigenvalue weighted by atomic mass is 16.5. The number of hydrogen-bond acceptors (Lipinski definition) is 5. The molecule has 26 heavy (non-hydrogen) atoms. The van der Waals surface area contributed by atoms with Gasteiger partial charge < -0.3 is 9.47 Å². The Labute approximate surface area is 154 Å². The molecule has 0 radical (unpaired) electrons. The van der Waals surface area contributed by atoms with Crippen molar-refractivity contribution in [3.63, 3.8) is 0 Å². The predicted molar refractivity (Wildman–Crippen MR) is 103 cm³/mol. The van der Waals surface area contributed by atoms with Crippen molar-refractivity contribution in [2.24, 2.45) is 10.2 Å². The van der Waals surface area contributed by atoms with Crippen LogP contribution in [0.3, 0.4) is 0 Å². The molecule has 0 atom stereocenters. The van der Waals surface area contributed by atoms with Gasteiger partial charge in [0.15, 0.2) is 0 Å². The largest absolute Gasteiger partial charge is 0.494 e. The molecule has 0 aliphatic carbocycles. The first-order valence-electron chi connectivity index (χ1n) is 8.71. The summed E-state index contributed by atoms with van der Waals surface area (Å²) in [7, 11) is 0. The van der Waals surface area contributed by atoms with E-state index in [0.29, 0.717) is 17.0 Å². The Balaban J connectivity index is 1.88. The molecule has 0 aromatic heterocycles. The van der Waals surface area contributed by atoms with Crippen molar-refractivity contribution in [2.75, 3.05) is 6.61 Å². The zero-order valence-electron chi connectivity index (χ0n) is 15.3. The van der Waals surface area contributed by atoms with Gasteiger partial charge in [0, 0.05) is 5.57 Å². The predicted octanol–water partition coefficient (Wildman–Crippen LogP) is 6.15. The number of carbonyl (C=O) groups is 1. The Morgan fingerprint density at radius 3 is 1.96 bits per heavy atom. The summed E-state index contributed by atoms with van der Waals surface area (Å²) in [6.07, 6.45) is 3.42. The highest BCUT2D eigenvalue weighted by Crippen LogP contribution is 2.23. The van der Waals surface area contributed by atoms with Crippen molar-refractivity contribution in [3.8, 4) is 11.5 Å². The number of esters is 1. The van der Waals surface area contributed by atoms with Gasteiger partial charge >= 0.3 is 5.97 Å². The second kappa shape index (κ2) is 10.1. The van der Waals surface area contributed by atoms with Gasteiger partial charge in [-0.2, -0.15) is 10.2 Å². The van der Waals surface area contributed by atoms with E-state index in [9.17, 15) is 4.79 Å². The number of nitrogens with zero attached hydrogens (tertiary/aromatic N) is 2. The molecule has 0 N–H and O–H groups in total. The van der Waals surface area contributed by atoms with Gasteiger partial charge in [-0.25, -0.2) is 4.79 Å². The normalized spacial score (nSPS) is 10.7. The minimum atomic E-state index is -0.448. The van der Waals surface area contributed by atoms with E-state index in [-0.39, 0.29) is 0 Å². The number of benzene rings is 2. The molecule has 0 fully saturated rings. The molecule has 2 aromatic rings. The fourth-order valence-electron chi connectivity index (χ4n) is 2.04. The molecule has 0 saturated heterocycles. The highest BCUT2D eigenvalue weighted by molar-refractivity contribution is 5.88. The van der Waals surface area contributed by atoms with Crippen molar-refractivity contribution in [2.45, 2.75) is 33.1 Å². The lowest BCUT2D eigenvalue weighted by atomic mass is 10.2. The molecule has 2 rings (SSSR count). The van der Waals surface area contributed by atoms with Crippen LogP contribution in [0.25, 0.3) is 0 Å². The van der Waals surface area contributed by atoms with Gasteiger partial charge in [0.2, 0.25) is 0 Å². The molecule has 0 amide bonds. The van der Waals surface area contributed by atoms with Crippen LogP contribution < -0.4 is 9.47 Å². The van der Waals surface area contributed by atoms with Crippen LogP contribution in [0.4, 0.5) is 11.4 Å². The fourth-order valence-corrected chi connectivity index (χ4v) is 2.04. The van der Waals surface area contributed by atoms with Gasteiger partial charge in [-0.3, -0.25) is 0 Å². The molecule has 136 valence electrons. The van der Waals surface area contributed by atoms with E-state index in [4.69, 9.17) is 9.47 Å². The topological polar surface area (TPSA) is 60.2 Å². The van der Waals surface area contributed by atoms with Crippen LogP contribution in [0.5, 0.6) is 11.5 Å². The quantitative estimate of drug-likeness (QED) is 0.179. The molecule has 2 aromatic carbocycles. The Hall–Kier alpha value is -2.95. The lowest BCUT2D eigenvalue weighted by Crippen LogP contribution is -2.07. The molecule has 5 heteroatoms. The first kappa shape index (κ1) is 19.4. The van der Waals surface area contributed by atoms with Crippen LogP contribution in [-0.2, 0) is 4.79 Å². The zero-order valence-corrected chi connectivity index (χ0v) is 15.3. The van der Waals surface area contributed by atoms with Crippen LogP contribution in [0.15, 0.2) is 70.9 Å². The van der Waals surface area contributed by atoms with Crippen molar-refractivity contribution < 1.29 is 14.3 Å². The molecule has 0 unspecified atom stereocenters. The van der Waals surface area contributed by atoms with Gasteiger partial charge in [-0.1, -0.05) is 26.3 Å². The molecule has 0 bridgehead atoms. The Morgan fingerprint density at radius 1 is 0.923 bits per heavy atom. The standard InChI is InChI=1S/C21H24N2O3/c1-4-5-6-15-25-19-11-7-17(8-12-19)22-23-18-9-13-20(14-10-18)26-21(24)16(2)3/h7-14H,2,4-6,15H2,1,3H3. The Kier molecular flexibility index (Phi) is 7.55. The number of azo groups is 1. The lowest BCUT2D eigenvalue weighted by Gasteiger charge is -2.05. The minimum Gasteiger partial charge on any atom is -0.494 e. The van der Waals surface area contributed by atoms with E-state index in [1.54, 1.807) is 31.2 Å². The van der Waals surface area contributed by atoms with Gasteiger partial charge in [0.25, 0.3) is 0 Å². The fraction of sp³-hybridized carbons (Fsp3) is 0.286. The number of hydrogen-bond donors (Lipinski definition) is 0. The number of rotatable bonds is 9. The Morgan fingerprint density at radius 2 is 1.46 bits per heavy atom. The van der Waals surface area contributed by atoms with Crippen LogP contribution in [0, 0.1) is 0 Å². The van der Waals surface area contributed by atoms with Crippen molar-refractivity contribution in [1.29, 1.82) is 0 Å². The van der Waals surface area contributed by atoms with Crippen molar-refractivity contribution >= 4 is 17.3 Å². The minimum absolute atomic E-state index is 0.353. The zero-order chi connectivity index (χ0) is 18.8. The van der Waals surface area contributed by atoms with Crippen LogP contribution in [0.1, 0.15) is 33.1 Å². The summed E-state index contributed by atoms with van der Waals surface area (Å²) < 4.78 is 10.8. The third-order valence-corrected chi connectivity index (χ3v) is 3.53. The summed E-state index contributed by atoms with van der Waals surface area (Å²) in [5.74, 6) is 0.835. The lowest BCUT2D eigenvalue weighted by molar-refractivity contribution is -0.130. The maximum atomic E-state index is 11.5. The van der Waals surface area contributed by atoms with Crippen LogP contribution >= 0.6 is 0 Å². The number of unbranched alkanes of at least 4 members (excludes halogenated alkanes) is 2. The SMILES string of the molecule is C=C(C)C(=O)Oc1ccc(N=Nc2ccc(OCCCCC)cc2)cc1. The molecule has 0 aliphatic rings. The summed E-state index contributed by atoms with van der Waals surface area (Å²) in [5, 5.41) is 8.37. The monoisotopic (exact) mass is 352 g/mol. The maximum absolute atomic E-state index is 11.5. The summed E-state index contributed by atoms with van der Waals surface area (Å²) in [5.41, 5.74) is 1.76. The summed E-state index contributed by atoms with van der Waals surface area (Å²) in [6.45, 7) is 8.05. The summed E-state index contributed by atoms with van der Waals surface area (Å²) in [6, 6.07) is 14.3. The molecule has 0 saturated carbocycles. The first-order chi connectivity index (χ1) is 12.6. The average Bonchev–Trinajstić information content (AvgIpc) is 2.65. The molecule has 0 heterocycles. The molecular formula is C21H24N2O3. The van der Waals surface area contributed by atoms with E-state index >= 15 is 0 Å². The van der Waals surface area contributed by atoms with Gasteiger partial charge in [-0.05, 0) is 61.9 Å². The molecule has 0 aliphatic heterocycles. The van der Waals surface area contributed by atoms with Gasteiger partial charge in [0.1, 0.15) is 11.5 Å². The molecular weight excluding hydrogens is 328 g/mol. The third kappa shape index (κ3) is 6.51. The van der Waals surface area contributed by atoms with E-state index in [1.165, 1.54) is 12.8 Å². The second-order valence-electron chi connectivity index (χ2n) is 5.91. The summed E-state index contributed by atoms with van der Waals surface area (Å²) in [4.78, 5) is 11.5. The van der Waals surface area contributed by atoms with Crippen LogP contribution in [-0.4, -0.2) is 12.6 Å². The molecule has 0 spiro atoms. The van der Waals surface area contributed by atoms with Crippen LogP contribution in [0.2, 0.25) is 0 Å². The smallest absolute Gasteiger partial charge is 0.338 e. The molecule has 5 nitrogen and oxygen atoms in total. The van der Waals surface area contributed by atoms with Crippen molar-refractivity contribution in [1.82, 2.24) is 0 Å².